The van der Waals surface area contributed by atoms with Crippen molar-refractivity contribution in [2.24, 2.45) is 0 Å². The monoisotopic (exact) mass is 490 g/mol. The van der Waals surface area contributed by atoms with Crippen LogP contribution in [0.3, 0.4) is 0 Å². The van der Waals surface area contributed by atoms with Crippen molar-refractivity contribution in [3.8, 4) is 0 Å². The number of esters is 1. The van der Waals surface area contributed by atoms with Gasteiger partial charge in [0.05, 0.1) is 41.1 Å². The number of carbonyl (C=O) groups is 3. The summed E-state index contributed by atoms with van der Waals surface area (Å²) in [5, 5.41) is 8.20. The molecule has 0 spiro atoms. The fraction of sp³-hybridized carbons (Fsp3) is 0.192. The van der Waals surface area contributed by atoms with Gasteiger partial charge in [0, 0.05) is 24.0 Å². The van der Waals surface area contributed by atoms with Gasteiger partial charge in [-0.3, -0.25) is 9.59 Å². The SMILES string of the molecule is COC(=O)c1ccc2c(c1)NC(=O)/C2=C(\Nc1ccc(N(C)C(=O)CN(C)C)cc1)c1cccs1. The molecule has 2 amide bonds. The number of nitrogens with zero attached hydrogens (tertiary/aromatic N) is 2. The Morgan fingerprint density at radius 2 is 1.80 bits per heavy atom. The molecule has 1 aromatic heterocycles. The molecule has 0 unspecified atom stereocenters. The lowest BCUT2D eigenvalue weighted by Crippen LogP contribution is -2.34. The summed E-state index contributed by atoms with van der Waals surface area (Å²) in [5.74, 6) is -0.739. The molecule has 0 saturated carbocycles. The summed E-state index contributed by atoms with van der Waals surface area (Å²) in [7, 11) is 6.77. The fourth-order valence-electron chi connectivity index (χ4n) is 3.77. The Bertz CT molecular complexity index is 1300. The molecule has 180 valence electrons. The number of rotatable bonds is 7. The molecular formula is C26H26N4O4S. The van der Waals surface area contributed by atoms with Crippen molar-refractivity contribution in [3.63, 3.8) is 0 Å². The summed E-state index contributed by atoms with van der Waals surface area (Å²) in [4.78, 5) is 41.7. The lowest BCUT2D eigenvalue weighted by Gasteiger charge is -2.20. The van der Waals surface area contributed by atoms with Crippen LogP contribution >= 0.6 is 11.3 Å². The maximum atomic E-state index is 13.0. The first-order valence-corrected chi connectivity index (χ1v) is 11.8. The highest BCUT2D eigenvalue weighted by Gasteiger charge is 2.29. The zero-order valence-electron chi connectivity index (χ0n) is 19.9. The van der Waals surface area contributed by atoms with Crippen molar-refractivity contribution in [2.75, 3.05) is 50.3 Å². The Labute approximate surface area is 207 Å². The van der Waals surface area contributed by atoms with E-state index in [0.29, 0.717) is 34.6 Å². The Morgan fingerprint density at radius 1 is 1.06 bits per heavy atom. The topological polar surface area (TPSA) is 91.0 Å². The first kappa shape index (κ1) is 24.2. The molecule has 0 bridgehead atoms. The Hall–Kier alpha value is -3.95. The van der Waals surface area contributed by atoms with Crippen LogP contribution in [0.25, 0.3) is 11.3 Å². The number of amides is 2. The summed E-state index contributed by atoms with van der Waals surface area (Å²) >= 11 is 1.51. The second-order valence-electron chi connectivity index (χ2n) is 8.30. The Morgan fingerprint density at radius 3 is 2.43 bits per heavy atom. The van der Waals surface area contributed by atoms with Crippen LogP contribution in [-0.4, -0.2) is 57.5 Å². The van der Waals surface area contributed by atoms with E-state index in [2.05, 4.69) is 10.6 Å². The van der Waals surface area contributed by atoms with Crippen molar-refractivity contribution >= 4 is 57.5 Å². The van der Waals surface area contributed by atoms with Gasteiger partial charge < -0.3 is 25.2 Å². The van der Waals surface area contributed by atoms with Gasteiger partial charge in [-0.2, -0.15) is 0 Å². The third kappa shape index (κ3) is 5.11. The van der Waals surface area contributed by atoms with E-state index in [1.54, 1.807) is 30.1 Å². The number of fused-ring (bicyclic) bond motifs is 1. The van der Waals surface area contributed by atoms with Gasteiger partial charge in [-0.15, -0.1) is 11.3 Å². The summed E-state index contributed by atoms with van der Waals surface area (Å²) in [6.45, 7) is 0.317. The van der Waals surface area contributed by atoms with Crippen LogP contribution in [0.5, 0.6) is 0 Å². The van der Waals surface area contributed by atoms with E-state index >= 15 is 0 Å². The van der Waals surface area contributed by atoms with E-state index in [4.69, 9.17) is 4.74 Å². The van der Waals surface area contributed by atoms with Crippen molar-refractivity contribution in [1.82, 2.24) is 4.90 Å². The molecule has 2 N–H and O–H groups in total. The van der Waals surface area contributed by atoms with Crippen molar-refractivity contribution < 1.29 is 19.1 Å². The zero-order valence-corrected chi connectivity index (χ0v) is 20.7. The third-order valence-electron chi connectivity index (χ3n) is 5.55. The fourth-order valence-corrected chi connectivity index (χ4v) is 4.50. The van der Waals surface area contributed by atoms with Crippen molar-refractivity contribution in [3.05, 3.63) is 76.0 Å². The number of nitrogens with one attached hydrogen (secondary N) is 2. The molecule has 0 saturated heterocycles. The number of methoxy groups -OCH3 is 1. The van der Waals surface area contributed by atoms with Gasteiger partial charge in [0.1, 0.15) is 0 Å². The molecule has 2 heterocycles. The maximum Gasteiger partial charge on any atom is 0.337 e. The highest BCUT2D eigenvalue weighted by molar-refractivity contribution is 7.11. The number of ether oxygens (including phenoxy) is 1. The molecule has 9 heteroatoms. The Balaban J connectivity index is 1.68. The molecule has 1 aliphatic rings. The molecule has 0 atom stereocenters. The number of carbonyl (C=O) groups excluding carboxylic acids is 3. The minimum atomic E-state index is -0.467. The van der Waals surface area contributed by atoms with Gasteiger partial charge in [-0.05, 0) is 61.9 Å². The van der Waals surface area contributed by atoms with Crippen LogP contribution in [-0.2, 0) is 14.3 Å². The standard InChI is InChI=1S/C26H26N4O4S/c1-29(2)15-22(31)30(3)18-10-8-17(9-11-18)27-24(21-6-5-13-35-21)23-19-12-7-16(26(33)34-4)14-20(19)28-25(23)32/h5-14,27H,15H2,1-4H3,(H,28,32)/b24-23-. The quantitative estimate of drug-likeness (QED) is 0.384. The molecule has 0 fully saturated rings. The molecule has 1 aliphatic heterocycles. The lowest BCUT2D eigenvalue weighted by molar-refractivity contribution is -0.119. The minimum absolute atomic E-state index is 0.0114. The largest absolute Gasteiger partial charge is 0.465 e. The van der Waals surface area contributed by atoms with Crippen LogP contribution in [0.2, 0.25) is 0 Å². The molecular weight excluding hydrogens is 464 g/mol. The van der Waals surface area contributed by atoms with Crippen LogP contribution in [0.4, 0.5) is 17.1 Å². The third-order valence-corrected chi connectivity index (χ3v) is 6.44. The first-order chi connectivity index (χ1) is 16.8. The van der Waals surface area contributed by atoms with Gasteiger partial charge >= 0.3 is 5.97 Å². The number of hydrogen-bond donors (Lipinski definition) is 2. The highest BCUT2D eigenvalue weighted by Crippen LogP contribution is 2.39. The molecule has 0 radical (unpaired) electrons. The number of hydrogen-bond acceptors (Lipinski definition) is 7. The summed E-state index contributed by atoms with van der Waals surface area (Å²) in [6.07, 6.45) is 0. The first-order valence-electron chi connectivity index (χ1n) is 10.9. The van der Waals surface area contributed by atoms with Crippen LogP contribution in [0.1, 0.15) is 20.8 Å². The molecule has 3 aromatic rings. The predicted molar refractivity (Wildman–Crippen MR) is 140 cm³/mol. The molecule has 35 heavy (non-hydrogen) atoms. The highest BCUT2D eigenvalue weighted by atomic mass is 32.1. The van der Waals surface area contributed by atoms with Gasteiger partial charge in [-0.25, -0.2) is 4.79 Å². The van der Waals surface area contributed by atoms with Crippen molar-refractivity contribution in [1.29, 1.82) is 0 Å². The van der Waals surface area contributed by atoms with E-state index < -0.39 is 5.97 Å². The van der Waals surface area contributed by atoms with E-state index in [1.807, 2.05) is 60.8 Å². The summed E-state index contributed by atoms with van der Waals surface area (Å²) < 4.78 is 4.79. The average molecular weight is 491 g/mol. The molecule has 4 rings (SSSR count). The van der Waals surface area contributed by atoms with Gasteiger partial charge in [0.2, 0.25) is 5.91 Å². The van der Waals surface area contributed by atoms with Gasteiger partial charge in [0.15, 0.2) is 0 Å². The molecule has 2 aromatic carbocycles. The zero-order chi connectivity index (χ0) is 25.1. The number of anilines is 3. The van der Waals surface area contributed by atoms with Crippen molar-refractivity contribution in [2.45, 2.75) is 0 Å². The maximum absolute atomic E-state index is 13.0. The number of likely N-dealkylation sites (N-methyl/N-ethyl adjacent to an activating group) is 2. The predicted octanol–water partition coefficient (Wildman–Crippen LogP) is 3.99. The lowest BCUT2D eigenvalue weighted by atomic mass is 10.0. The Kier molecular flexibility index (Phi) is 6.99. The summed E-state index contributed by atoms with van der Waals surface area (Å²) in [5.41, 5.74) is 4.30. The second kappa shape index (κ2) is 10.1. The van der Waals surface area contributed by atoms with Gasteiger partial charge in [0.25, 0.3) is 5.91 Å². The van der Waals surface area contributed by atoms with Crippen LogP contribution < -0.4 is 15.5 Å². The van der Waals surface area contributed by atoms with E-state index in [1.165, 1.54) is 18.4 Å². The average Bonchev–Trinajstić information content (AvgIpc) is 3.48. The number of benzene rings is 2. The normalized spacial score (nSPS) is 13.8. The van der Waals surface area contributed by atoms with Gasteiger partial charge in [-0.1, -0.05) is 12.1 Å². The molecule has 0 aliphatic carbocycles. The van der Waals surface area contributed by atoms with Crippen LogP contribution in [0, 0.1) is 0 Å². The smallest absolute Gasteiger partial charge is 0.337 e. The minimum Gasteiger partial charge on any atom is -0.465 e. The van der Waals surface area contributed by atoms with E-state index in [9.17, 15) is 14.4 Å². The summed E-state index contributed by atoms with van der Waals surface area (Å²) in [6, 6.07) is 16.3. The molecule has 8 nitrogen and oxygen atoms in total. The van der Waals surface area contributed by atoms with Crippen LogP contribution in [0.15, 0.2) is 60.0 Å². The van der Waals surface area contributed by atoms with E-state index in [-0.39, 0.29) is 11.8 Å². The van der Waals surface area contributed by atoms with E-state index in [0.717, 1.165) is 16.3 Å². The number of thiophene rings is 1. The second-order valence-corrected chi connectivity index (χ2v) is 9.24.